The van der Waals surface area contributed by atoms with Crippen LogP contribution in [0.2, 0.25) is 18.1 Å². The molecule has 0 spiro atoms. The van der Waals surface area contributed by atoms with E-state index in [1.165, 1.54) is 0 Å². The molecule has 0 rings (SSSR count). The van der Waals surface area contributed by atoms with E-state index in [1.807, 2.05) is 0 Å². The Labute approximate surface area is 101 Å². The summed E-state index contributed by atoms with van der Waals surface area (Å²) in [5.41, 5.74) is -1.71. The zero-order valence-electron chi connectivity index (χ0n) is 7.66. The molecule has 0 amide bonds. The first-order chi connectivity index (χ1) is 5.39. The predicted molar refractivity (Wildman–Crippen MR) is 70.8 cm³/mol. The van der Waals surface area contributed by atoms with Crippen molar-refractivity contribution in [3.8, 4) is 0 Å². The fourth-order valence-electron chi connectivity index (χ4n) is 0.734. The second-order valence-electron chi connectivity index (χ2n) is 2.68. The van der Waals surface area contributed by atoms with Crippen LogP contribution in [0.4, 0.5) is 0 Å². The standard InChI is InChI=1S/C6H15Br3OSi2/c1-4-11(7,5-2)10-12(8,9)6-3/h4-6H2,1-3H3. The van der Waals surface area contributed by atoms with Crippen molar-refractivity contribution >= 4 is 58.4 Å². The Kier molecular flexibility index (Phi) is 6.51. The van der Waals surface area contributed by atoms with E-state index in [-0.39, 0.29) is 0 Å². The Morgan fingerprint density at radius 2 is 1.33 bits per heavy atom. The molecule has 0 N–H and O–H groups in total. The van der Waals surface area contributed by atoms with E-state index in [2.05, 4.69) is 66.6 Å². The highest BCUT2D eigenvalue weighted by atomic mass is 79.9. The minimum absolute atomic E-state index is 1.05. The molecule has 0 aromatic rings. The summed E-state index contributed by atoms with van der Waals surface area (Å²) in [4.78, 5) is 0. The van der Waals surface area contributed by atoms with Crippen molar-refractivity contribution in [2.45, 2.75) is 38.9 Å². The summed E-state index contributed by atoms with van der Waals surface area (Å²) in [5, 5.41) is 0. The SMILES string of the molecule is CC[Si](Br)(Br)O[Si](Br)(CC)CC. The highest BCUT2D eigenvalue weighted by Gasteiger charge is 2.38. The van der Waals surface area contributed by atoms with Crippen LogP contribution in [-0.2, 0) is 4.12 Å². The van der Waals surface area contributed by atoms with Crippen LogP contribution in [-0.4, -0.2) is 12.5 Å². The Morgan fingerprint density at radius 3 is 1.58 bits per heavy atom. The van der Waals surface area contributed by atoms with Crippen molar-refractivity contribution < 1.29 is 4.12 Å². The van der Waals surface area contributed by atoms with Crippen molar-refractivity contribution in [2.75, 3.05) is 0 Å². The lowest BCUT2D eigenvalue weighted by molar-refractivity contribution is 0.588. The lowest BCUT2D eigenvalue weighted by Gasteiger charge is -2.29. The van der Waals surface area contributed by atoms with Crippen molar-refractivity contribution in [2.24, 2.45) is 0 Å². The highest BCUT2D eigenvalue weighted by molar-refractivity contribution is 9.50. The Morgan fingerprint density at radius 1 is 0.917 bits per heavy atom. The van der Waals surface area contributed by atoms with Gasteiger partial charge in [0.1, 0.15) is 0 Å². The third-order valence-corrected chi connectivity index (χ3v) is 18.5. The van der Waals surface area contributed by atoms with Gasteiger partial charge >= 0.3 is 5.56 Å². The monoisotopic (exact) mass is 396 g/mol. The molecule has 0 aromatic heterocycles. The number of rotatable bonds is 5. The van der Waals surface area contributed by atoms with Gasteiger partial charge in [-0.3, -0.25) is 0 Å². The number of hydrogen-bond donors (Lipinski definition) is 0. The largest absolute Gasteiger partial charge is 0.431 e. The van der Waals surface area contributed by atoms with Gasteiger partial charge in [-0.1, -0.05) is 66.6 Å². The van der Waals surface area contributed by atoms with Gasteiger partial charge in [0.05, 0.1) is 0 Å². The smallest absolute Gasteiger partial charge is 0.326 e. The maximum atomic E-state index is 6.10. The Hall–Kier alpha value is 1.83. The van der Waals surface area contributed by atoms with E-state index in [1.54, 1.807) is 0 Å². The molecule has 6 heteroatoms. The van der Waals surface area contributed by atoms with Gasteiger partial charge in [-0.05, 0) is 18.1 Å². The maximum absolute atomic E-state index is 6.10. The van der Waals surface area contributed by atoms with Gasteiger partial charge in [0.2, 0.25) is 0 Å². The van der Waals surface area contributed by atoms with Gasteiger partial charge in [-0.15, -0.1) is 0 Å². The molecule has 0 saturated carbocycles. The van der Waals surface area contributed by atoms with Crippen LogP contribution in [0.1, 0.15) is 20.8 Å². The molecule has 0 unspecified atom stereocenters. The van der Waals surface area contributed by atoms with Gasteiger partial charge in [0.15, 0.2) is 0 Å². The minimum atomic E-state index is -1.71. The van der Waals surface area contributed by atoms with Crippen LogP contribution in [0.5, 0.6) is 0 Å². The normalized spacial score (nSPS) is 13.5. The topological polar surface area (TPSA) is 9.23 Å². The zero-order valence-corrected chi connectivity index (χ0v) is 14.4. The van der Waals surface area contributed by atoms with E-state index >= 15 is 0 Å². The summed E-state index contributed by atoms with van der Waals surface area (Å²) < 4.78 is 6.10. The average Bonchev–Trinajstić information content (AvgIpc) is 2.04. The fraction of sp³-hybridized carbons (Fsp3) is 1.00. The zero-order chi connectivity index (χ0) is 9.83. The number of halogens is 3. The van der Waals surface area contributed by atoms with Gasteiger partial charge < -0.3 is 4.12 Å². The molecule has 0 bridgehead atoms. The highest BCUT2D eigenvalue weighted by Crippen LogP contribution is 2.35. The van der Waals surface area contributed by atoms with Gasteiger partial charge in [-0.2, -0.15) is 0 Å². The summed E-state index contributed by atoms with van der Waals surface area (Å²) in [6, 6.07) is 3.29. The van der Waals surface area contributed by atoms with Gasteiger partial charge in [0.25, 0.3) is 6.94 Å². The van der Waals surface area contributed by atoms with E-state index in [0.29, 0.717) is 0 Å². The summed E-state index contributed by atoms with van der Waals surface area (Å²) in [6.45, 7) is 4.94. The minimum Gasteiger partial charge on any atom is -0.431 e. The molecule has 0 aliphatic rings. The first-order valence-corrected chi connectivity index (χ1v) is 15.4. The summed E-state index contributed by atoms with van der Waals surface area (Å²) in [6.07, 6.45) is 0. The quantitative estimate of drug-likeness (QED) is 0.484. The fourth-order valence-corrected chi connectivity index (χ4v) is 17.1. The number of hydrogen-bond acceptors (Lipinski definition) is 1. The van der Waals surface area contributed by atoms with Crippen molar-refractivity contribution in [3.05, 3.63) is 0 Å². The second kappa shape index (κ2) is 5.65. The predicted octanol–water partition coefficient (Wildman–Crippen LogP) is 4.63. The van der Waals surface area contributed by atoms with Crippen molar-refractivity contribution in [1.29, 1.82) is 0 Å². The molecule has 0 saturated heterocycles. The molecule has 1 nitrogen and oxygen atoms in total. The Bertz CT molecular complexity index is 139. The third-order valence-electron chi connectivity index (χ3n) is 1.80. The first-order valence-electron chi connectivity index (χ1n) is 4.16. The average molecular weight is 399 g/mol. The lowest BCUT2D eigenvalue weighted by Crippen LogP contribution is -2.39. The summed E-state index contributed by atoms with van der Waals surface area (Å²) in [5.74, 6) is 0. The van der Waals surface area contributed by atoms with E-state index in [0.717, 1.165) is 18.1 Å². The summed E-state index contributed by atoms with van der Waals surface area (Å²) in [7, 11) is 0. The summed E-state index contributed by atoms with van der Waals surface area (Å²) >= 11 is 11.0. The van der Waals surface area contributed by atoms with E-state index < -0.39 is 12.5 Å². The van der Waals surface area contributed by atoms with Crippen LogP contribution in [0.15, 0.2) is 0 Å². The lowest BCUT2D eigenvalue weighted by atomic mass is 11.0. The van der Waals surface area contributed by atoms with Crippen molar-refractivity contribution in [1.82, 2.24) is 0 Å². The van der Waals surface area contributed by atoms with E-state index in [9.17, 15) is 0 Å². The second-order valence-corrected chi connectivity index (χ2v) is 23.9. The van der Waals surface area contributed by atoms with Crippen LogP contribution in [0.3, 0.4) is 0 Å². The molecule has 0 atom stereocenters. The molecular weight excluding hydrogens is 384 g/mol. The van der Waals surface area contributed by atoms with E-state index in [4.69, 9.17) is 4.12 Å². The molecule has 0 heterocycles. The molecule has 12 heavy (non-hydrogen) atoms. The molecule has 0 aliphatic heterocycles. The van der Waals surface area contributed by atoms with Crippen LogP contribution in [0, 0.1) is 0 Å². The molecule has 0 fully saturated rings. The van der Waals surface area contributed by atoms with Gasteiger partial charge in [-0.25, -0.2) is 0 Å². The van der Waals surface area contributed by atoms with Crippen molar-refractivity contribution in [3.63, 3.8) is 0 Å². The Balaban J connectivity index is 4.20. The van der Waals surface area contributed by atoms with Crippen LogP contribution < -0.4 is 0 Å². The molecule has 0 radical (unpaired) electrons. The van der Waals surface area contributed by atoms with Crippen LogP contribution >= 0.6 is 45.9 Å². The molecule has 0 aromatic carbocycles. The van der Waals surface area contributed by atoms with Crippen LogP contribution in [0.25, 0.3) is 0 Å². The molecule has 0 aliphatic carbocycles. The molecule has 74 valence electrons. The maximum Gasteiger partial charge on any atom is 0.326 e. The van der Waals surface area contributed by atoms with Gasteiger partial charge in [0, 0.05) is 0 Å². The third kappa shape index (κ3) is 4.90. The molecular formula is C6H15Br3OSi2. The first kappa shape index (κ1) is 13.8.